The first-order valence-corrected chi connectivity index (χ1v) is 32.0. The number of hydrogen-bond acceptors (Lipinski definition) is 11. The maximum atomic E-state index is 13.4. The van der Waals surface area contributed by atoms with Crippen LogP contribution in [0.2, 0.25) is 0 Å². The molecule has 10 rings (SSSR count). The number of aryl methyl sites for hydroxylation is 3. The summed E-state index contributed by atoms with van der Waals surface area (Å²) in [5.74, 6) is -0.501. The van der Waals surface area contributed by atoms with E-state index < -0.39 is 78.4 Å². The number of rotatable bonds is 20. The minimum atomic E-state index is -4.93. The van der Waals surface area contributed by atoms with E-state index in [-0.39, 0.29) is 83.8 Å². The molecule has 0 spiro atoms. The van der Waals surface area contributed by atoms with Crippen molar-refractivity contribution in [3.05, 3.63) is 184 Å². The van der Waals surface area contributed by atoms with Gasteiger partial charge in [-0.1, -0.05) is 81.5 Å². The number of carbonyl (C=O) groups excluding carboxylic acids is 2. The second-order valence-electron chi connectivity index (χ2n) is 24.5. The van der Waals surface area contributed by atoms with Crippen molar-refractivity contribution in [2.45, 2.75) is 166 Å². The third-order valence-electron chi connectivity index (χ3n) is 16.8. The lowest BCUT2D eigenvalue weighted by Crippen LogP contribution is -2.54. The average molecular weight is 1420 g/mol. The van der Waals surface area contributed by atoms with Gasteiger partial charge in [0, 0.05) is 70.0 Å². The van der Waals surface area contributed by atoms with E-state index >= 15 is 0 Å². The van der Waals surface area contributed by atoms with E-state index in [1.54, 1.807) is 76.9 Å². The predicted molar refractivity (Wildman–Crippen MR) is 344 cm³/mol. The Morgan fingerprint density at radius 2 is 1.18 bits per heavy atom. The van der Waals surface area contributed by atoms with E-state index in [1.165, 1.54) is 43.5 Å². The number of amides is 2. The molecule has 6 heterocycles. The van der Waals surface area contributed by atoms with Gasteiger partial charge in [0.15, 0.2) is 0 Å². The molecule has 4 fully saturated rings. The van der Waals surface area contributed by atoms with Crippen molar-refractivity contribution in [2.24, 2.45) is 18.1 Å². The average Bonchev–Trinajstić information content (AvgIpc) is 1.67. The minimum Gasteiger partial charge on any atom is -0.372 e. The number of ether oxygens (including phenoxy) is 2. The largest absolute Gasteiger partial charge is 0.416 e. The van der Waals surface area contributed by atoms with Gasteiger partial charge >= 0.3 is 24.7 Å². The van der Waals surface area contributed by atoms with Crippen molar-refractivity contribution in [2.75, 3.05) is 47.5 Å². The number of piperidine rings is 1. The van der Waals surface area contributed by atoms with Gasteiger partial charge in [0.25, 0.3) is 0 Å². The molecule has 6 aromatic rings. The summed E-state index contributed by atoms with van der Waals surface area (Å²) in [6, 6.07) is 14.8. The fourth-order valence-electron chi connectivity index (χ4n) is 11.7. The van der Waals surface area contributed by atoms with Gasteiger partial charge < -0.3 is 29.3 Å². The summed E-state index contributed by atoms with van der Waals surface area (Å²) in [6.45, 7) is 13.3. The molecule has 4 aromatic carbocycles. The van der Waals surface area contributed by atoms with Gasteiger partial charge in [-0.15, -0.1) is 10.2 Å². The number of H-pyrrole nitrogens is 1. The van der Waals surface area contributed by atoms with E-state index in [0.29, 0.717) is 62.9 Å². The van der Waals surface area contributed by atoms with Crippen LogP contribution >= 0.6 is 0 Å². The van der Waals surface area contributed by atoms with E-state index in [1.807, 2.05) is 39.8 Å². The Labute approximate surface area is 566 Å². The van der Waals surface area contributed by atoms with Gasteiger partial charge in [0.1, 0.15) is 24.3 Å². The lowest BCUT2D eigenvalue weighted by molar-refractivity contribution is -0.144. The van der Waals surface area contributed by atoms with Gasteiger partial charge in [-0.3, -0.25) is 28.9 Å². The highest BCUT2D eigenvalue weighted by Crippen LogP contribution is 2.41. The topological polar surface area (TPSA) is 149 Å². The monoisotopic (exact) mass is 1420 g/mol. The van der Waals surface area contributed by atoms with E-state index in [4.69, 9.17) is 9.47 Å². The number of aromatic nitrogens is 5. The Morgan fingerprint density at radius 3 is 1.62 bits per heavy atom. The SMILES string of the molecule is C=C(/C=N\NC)CN(Cc1cn[nH]c1)C1CC2CC(OCc3cc(C(F)(F)F)cc(C(F)(F)F)c3)CN2C1=O.CCCCCCCN(C)C1CCC2C(C)C(OCc3cc(C(F)(F)F)cc(C(F)(F)F)c3)CN2C1=O.CF.Cc1ccc(F)cc1.Cc1ccc(F)cc1.Cn1cnnc1. The number of halogens is 15. The van der Waals surface area contributed by atoms with Crippen LogP contribution in [-0.4, -0.2) is 146 Å². The maximum Gasteiger partial charge on any atom is 0.416 e. The smallest absolute Gasteiger partial charge is 0.372 e. The highest BCUT2D eigenvalue weighted by Gasteiger charge is 2.50. The molecule has 4 aliphatic rings. The Morgan fingerprint density at radius 1 is 0.687 bits per heavy atom. The Hall–Kier alpha value is -7.83. The van der Waals surface area contributed by atoms with E-state index in [2.05, 4.69) is 49.3 Å². The summed E-state index contributed by atoms with van der Waals surface area (Å²) >= 11 is 0. The first kappa shape index (κ1) is 81.8. The van der Waals surface area contributed by atoms with Gasteiger partial charge in [-0.05, 0) is 137 Å². The molecular formula is C69H86F15N11O4. The standard InChI is InChI=1S/C26H36F6N2O2.C25H28F6N6O2.2C7H7F.C3H5N3.CH3F/c1-4-5-6-7-8-11-33(3)22-10-9-21-17(2)23(15-34(21)24(22)35)36-16-18-12-19(25(27,28)29)14-20(13-18)26(30,31)32;1-15(8-33-32-2)11-36(12-17-9-34-35-10-17)22-7-20-6-21(13-37(20)23(22)38)39-14-16-3-18(24(26,27)28)5-19(4-16)25(29,30)31;2*1-6-2-4-7(8)5-3-6;1-6-2-4-5-3-6;1-2/h12-14,17,21-23H,4-11,15-16H2,1-3H3;3-5,8-10,20-22,32H,1,6-7,11-14H2,2H3,(H,34,35);2*2-5H,1H3;2-3H,1H3;1H3/b;33-8-;;;;. The van der Waals surface area contributed by atoms with Crippen LogP contribution in [0.4, 0.5) is 65.9 Å². The number of benzene rings is 4. The second-order valence-corrected chi connectivity index (χ2v) is 24.5. The molecule has 4 aliphatic heterocycles. The van der Waals surface area contributed by atoms with Crippen molar-refractivity contribution in [3.63, 3.8) is 0 Å². The fraction of sp³-hybridized carbons (Fsp3) is 0.507. The number of alkyl halides is 13. The number of fused-ring (bicyclic) bond motifs is 2. The normalized spacial score (nSPS) is 19.8. The summed E-state index contributed by atoms with van der Waals surface area (Å²) in [7, 11) is 5.99. The predicted octanol–water partition coefficient (Wildman–Crippen LogP) is 15.2. The molecule has 0 radical (unpaired) electrons. The number of nitrogens with zero attached hydrogens (tertiary/aromatic N) is 9. The van der Waals surface area contributed by atoms with Gasteiger partial charge in [-0.2, -0.15) is 62.9 Å². The molecule has 7 atom stereocenters. The quantitative estimate of drug-likeness (QED) is 0.0327. The van der Waals surface area contributed by atoms with E-state index in [0.717, 1.165) is 48.9 Å². The van der Waals surface area contributed by atoms with Crippen LogP contribution in [-0.2, 0) is 70.6 Å². The molecule has 0 aliphatic carbocycles. The number of aromatic amines is 1. The van der Waals surface area contributed by atoms with Crippen molar-refractivity contribution in [1.29, 1.82) is 0 Å². The lowest BCUT2D eigenvalue weighted by Gasteiger charge is -2.39. The van der Waals surface area contributed by atoms with Gasteiger partial charge in [0.05, 0.1) is 79.3 Å². The van der Waals surface area contributed by atoms with Gasteiger partial charge in [-0.25, -0.2) is 8.78 Å². The molecule has 0 bridgehead atoms. The summed E-state index contributed by atoms with van der Waals surface area (Å²) in [5, 5.41) is 17.7. The molecule has 15 nitrogen and oxygen atoms in total. The van der Waals surface area contributed by atoms with Crippen molar-refractivity contribution < 1.29 is 84.9 Å². The van der Waals surface area contributed by atoms with Gasteiger partial charge in [0.2, 0.25) is 11.8 Å². The molecule has 2 N–H and O–H groups in total. The highest BCUT2D eigenvalue weighted by atomic mass is 19.4. The number of hydrogen-bond donors (Lipinski definition) is 2. The number of hydrazone groups is 1. The summed E-state index contributed by atoms with van der Waals surface area (Å²) in [6.07, 6.45) is -4.22. The number of carbonyl (C=O) groups is 2. The molecule has 2 amide bonds. The molecule has 99 heavy (non-hydrogen) atoms. The maximum absolute atomic E-state index is 13.4. The lowest BCUT2D eigenvalue weighted by atomic mass is 9.90. The van der Waals surface area contributed by atoms with E-state index in [9.17, 15) is 75.4 Å². The molecule has 7 unspecified atom stereocenters. The third kappa shape index (κ3) is 26.0. The highest BCUT2D eigenvalue weighted by molar-refractivity contribution is 5.86. The molecule has 0 saturated carbocycles. The van der Waals surface area contributed by atoms with Crippen LogP contribution in [0.1, 0.15) is 122 Å². The first-order chi connectivity index (χ1) is 46.6. The zero-order valence-corrected chi connectivity index (χ0v) is 56.4. The van der Waals surface area contributed by atoms with Crippen LogP contribution < -0.4 is 5.43 Å². The molecule has 2 aromatic heterocycles. The summed E-state index contributed by atoms with van der Waals surface area (Å²) < 4.78 is 205. The Bertz CT molecular complexity index is 3270. The summed E-state index contributed by atoms with van der Waals surface area (Å²) in [4.78, 5) is 34.2. The zero-order chi connectivity index (χ0) is 73.4. The number of nitrogens with one attached hydrogen (secondary N) is 2. The van der Waals surface area contributed by atoms with Crippen LogP contribution in [0.25, 0.3) is 0 Å². The van der Waals surface area contributed by atoms with Crippen LogP contribution in [0.15, 0.2) is 127 Å². The van der Waals surface area contributed by atoms with Crippen LogP contribution in [0.5, 0.6) is 0 Å². The Balaban J connectivity index is 0.000000267. The first-order valence-electron chi connectivity index (χ1n) is 32.0. The van der Waals surface area contributed by atoms with Crippen molar-refractivity contribution in [1.82, 2.24) is 50.0 Å². The number of likely N-dealkylation sites (N-methyl/N-ethyl adjacent to an activating group) is 1. The fourth-order valence-corrected chi connectivity index (χ4v) is 11.7. The molecule has 4 saturated heterocycles. The van der Waals surface area contributed by atoms with Crippen molar-refractivity contribution >= 4 is 18.0 Å². The number of unbranched alkanes of at least 4 members (excludes halogenated alkanes) is 4. The Kier molecular flexibility index (Phi) is 31.5. The van der Waals surface area contributed by atoms with Crippen LogP contribution in [0, 0.1) is 31.4 Å². The summed E-state index contributed by atoms with van der Waals surface area (Å²) in [5.41, 5.74) is 0.481. The third-order valence-corrected chi connectivity index (χ3v) is 16.8. The van der Waals surface area contributed by atoms with Crippen LogP contribution in [0.3, 0.4) is 0 Å². The molecular weight excluding hydrogens is 1330 g/mol. The minimum absolute atomic E-state index is 0.0266. The second kappa shape index (κ2) is 38.1. The zero-order valence-electron chi connectivity index (χ0n) is 56.4. The molecule has 30 heteroatoms. The molecule has 546 valence electrons. The van der Waals surface area contributed by atoms with Crippen molar-refractivity contribution in [3.8, 4) is 0 Å².